The molecule has 3 aromatic rings. The molecule has 1 aromatic carbocycles. The molecule has 0 aliphatic carbocycles. The monoisotopic (exact) mass is 582 g/mol. The Morgan fingerprint density at radius 1 is 1.07 bits per heavy atom. The van der Waals surface area contributed by atoms with Gasteiger partial charge in [-0.3, -0.25) is 9.20 Å². The highest BCUT2D eigenvalue weighted by Gasteiger charge is 2.25. The molecule has 1 fully saturated rings. The summed E-state index contributed by atoms with van der Waals surface area (Å²) in [5.74, 6) is 1.42. The topological polar surface area (TPSA) is 135 Å². The molecular weight excluding hydrogens is 536 g/mol. The van der Waals surface area contributed by atoms with E-state index in [0.717, 1.165) is 48.5 Å². The van der Waals surface area contributed by atoms with Crippen molar-refractivity contribution in [3.8, 4) is 0 Å². The van der Waals surface area contributed by atoms with Gasteiger partial charge in [-0.2, -0.15) is 0 Å². The van der Waals surface area contributed by atoms with E-state index >= 15 is 0 Å². The molecule has 3 unspecified atom stereocenters. The molecule has 230 valence electrons. The van der Waals surface area contributed by atoms with Gasteiger partial charge in [0.2, 0.25) is 11.6 Å². The number of anilines is 2. The molecule has 0 radical (unpaired) electrons. The lowest BCUT2D eigenvalue weighted by Gasteiger charge is -2.36. The summed E-state index contributed by atoms with van der Waals surface area (Å²) in [6.45, 7) is 17.0. The van der Waals surface area contributed by atoms with Gasteiger partial charge in [0.15, 0.2) is 5.82 Å². The number of carbonyl (C=O) groups excluding carboxylic acids is 2. The van der Waals surface area contributed by atoms with Gasteiger partial charge in [-0.1, -0.05) is 27.7 Å². The number of fused-ring (bicyclic) bond motifs is 3. The van der Waals surface area contributed by atoms with E-state index in [1.807, 2.05) is 39.0 Å². The molecular formula is C30H46N8O4. The number of aromatic nitrogens is 4. The van der Waals surface area contributed by atoms with Crippen LogP contribution in [0.25, 0.3) is 16.7 Å². The molecule has 1 aliphatic rings. The van der Waals surface area contributed by atoms with E-state index < -0.39 is 12.1 Å². The molecule has 1 saturated heterocycles. The molecule has 0 bridgehead atoms. The lowest BCUT2D eigenvalue weighted by atomic mass is 10.0. The van der Waals surface area contributed by atoms with Crippen molar-refractivity contribution in [2.45, 2.75) is 79.6 Å². The predicted molar refractivity (Wildman–Crippen MR) is 164 cm³/mol. The van der Waals surface area contributed by atoms with E-state index in [0.29, 0.717) is 31.2 Å². The number of carbonyl (C=O) groups is 2. The number of hydrogen-bond donors (Lipinski definition) is 3. The van der Waals surface area contributed by atoms with Gasteiger partial charge >= 0.3 is 6.09 Å². The summed E-state index contributed by atoms with van der Waals surface area (Å²) < 4.78 is 13.1. The Balaban J connectivity index is 1.34. The SMILES string of the molecule is Cc1nnc2c(NCCCCNC(=O)C(NC(=O)OCC(C)C)C(C)C)nc3cc(N4CC(C)OC(C)C4)ccc3n12. The van der Waals surface area contributed by atoms with E-state index in [9.17, 15) is 9.59 Å². The standard InChI is InChI=1S/C30H46N8O4/c1-18(2)17-41-30(40)34-26(19(3)4)29(39)32-13-9-8-12-31-27-28-36-35-22(7)38(28)25-11-10-23(14-24(25)33-27)37-15-20(5)42-21(6)16-37/h10-11,14,18-21,26H,8-9,12-13,15-17H2,1-7H3,(H,31,33)(H,32,39)(H,34,40). The van der Waals surface area contributed by atoms with Crippen LogP contribution < -0.4 is 20.9 Å². The van der Waals surface area contributed by atoms with Gasteiger partial charge in [0.25, 0.3) is 0 Å². The Morgan fingerprint density at radius 2 is 1.79 bits per heavy atom. The normalized spacial score (nSPS) is 18.1. The van der Waals surface area contributed by atoms with Gasteiger partial charge in [-0.25, -0.2) is 9.78 Å². The maximum atomic E-state index is 12.7. The highest BCUT2D eigenvalue weighted by Crippen LogP contribution is 2.27. The number of nitrogens with one attached hydrogen (secondary N) is 3. The maximum absolute atomic E-state index is 12.7. The average molecular weight is 583 g/mol. The van der Waals surface area contributed by atoms with Crippen molar-refractivity contribution in [1.82, 2.24) is 30.2 Å². The van der Waals surface area contributed by atoms with Crippen LogP contribution in [0.1, 0.15) is 60.2 Å². The van der Waals surface area contributed by atoms with E-state index in [-0.39, 0.29) is 30.0 Å². The molecule has 0 spiro atoms. The fourth-order valence-electron chi connectivity index (χ4n) is 5.19. The largest absolute Gasteiger partial charge is 0.449 e. The number of rotatable bonds is 12. The molecule has 3 atom stereocenters. The number of nitrogens with zero attached hydrogens (tertiary/aromatic N) is 5. The minimum atomic E-state index is -0.650. The first kappa shape index (κ1) is 31.3. The van der Waals surface area contributed by atoms with Crippen LogP contribution in [0.2, 0.25) is 0 Å². The number of aryl methyl sites for hydroxylation is 1. The van der Waals surface area contributed by atoms with E-state index in [2.05, 4.69) is 63.1 Å². The molecule has 3 heterocycles. The molecule has 42 heavy (non-hydrogen) atoms. The van der Waals surface area contributed by atoms with Crippen LogP contribution in [-0.4, -0.2) is 82.6 Å². The third kappa shape index (κ3) is 7.78. The number of alkyl carbamates (subject to hydrolysis) is 1. The number of amides is 2. The molecule has 2 amide bonds. The number of hydrogen-bond acceptors (Lipinski definition) is 9. The Labute approximate surface area is 247 Å². The Hall–Kier alpha value is -3.67. The molecule has 3 N–H and O–H groups in total. The number of ether oxygens (including phenoxy) is 2. The van der Waals surface area contributed by atoms with Crippen LogP contribution in [-0.2, 0) is 14.3 Å². The van der Waals surface area contributed by atoms with Crippen LogP contribution in [0.3, 0.4) is 0 Å². The third-order valence-electron chi connectivity index (χ3n) is 7.22. The first-order valence-electron chi connectivity index (χ1n) is 15.0. The summed E-state index contributed by atoms with van der Waals surface area (Å²) in [5, 5.41) is 17.7. The fourth-order valence-corrected chi connectivity index (χ4v) is 5.19. The second-order valence-corrected chi connectivity index (χ2v) is 12.0. The van der Waals surface area contributed by atoms with Gasteiger partial charge < -0.3 is 30.3 Å². The molecule has 4 rings (SSSR count). The lowest BCUT2D eigenvalue weighted by molar-refractivity contribution is -0.124. The van der Waals surface area contributed by atoms with Gasteiger partial charge in [0, 0.05) is 31.9 Å². The van der Waals surface area contributed by atoms with E-state index in [4.69, 9.17) is 14.5 Å². The minimum absolute atomic E-state index is 0.0678. The third-order valence-corrected chi connectivity index (χ3v) is 7.22. The van der Waals surface area contributed by atoms with E-state index in [1.54, 1.807) is 0 Å². The second-order valence-electron chi connectivity index (χ2n) is 12.0. The van der Waals surface area contributed by atoms with Gasteiger partial charge in [0.1, 0.15) is 11.9 Å². The smallest absolute Gasteiger partial charge is 0.407 e. The fraction of sp³-hybridized carbons (Fsp3) is 0.633. The first-order valence-corrected chi connectivity index (χ1v) is 15.0. The summed E-state index contributed by atoms with van der Waals surface area (Å²) in [7, 11) is 0. The van der Waals surface area contributed by atoms with Crippen molar-refractivity contribution in [3.05, 3.63) is 24.0 Å². The second kappa shape index (κ2) is 14.0. The molecule has 12 heteroatoms. The Morgan fingerprint density at radius 3 is 2.48 bits per heavy atom. The quantitative estimate of drug-likeness (QED) is 0.272. The Kier molecular flexibility index (Phi) is 10.4. The van der Waals surface area contributed by atoms with Crippen LogP contribution >= 0.6 is 0 Å². The maximum Gasteiger partial charge on any atom is 0.407 e. The van der Waals surface area contributed by atoms with Crippen LogP contribution in [0.15, 0.2) is 18.2 Å². The zero-order chi connectivity index (χ0) is 30.4. The summed E-state index contributed by atoms with van der Waals surface area (Å²) in [5.41, 5.74) is 3.62. The molecule has 2 aromatic heterocycles. The number of morpholine rings is 1. The van der Waals surface area contributed by atoms with Crippen molar-refractivity contribution >= 4 is 40.2 Å². The van der Waals surface area contributed by atoms with Crippen molar-refractivity contribution in [3.63, 3.8) is 0 Å². The summed E-state index contributed by atoms with van der Waals surface area (Å²) >= 11 is 0. The molecule has 0 saturated carbocycles. The zero-order valence-electron chi connectivity index (χ0n) is 25.9. The van der Waals surface area contributed by atoms with Crippen molar-refractivity contribution in [2.75, 3.05) is 43.0 Å². The lowest BCUT2D eigenvalue weighted by Crippen LogP contribution is -2.50. The van der Waals surface area contributed by atoms with E-state index in [1.165, 1.54) is 0 Å². The number of benzene rings is 1. The molecule has 12 nitrogen and oxygen atoms in total. The van der Waals surface area contributed by atoms with Crippen molar-refractivity contribution < 1.29 is 19.1 Å². The summed E-state index contributed by atoms with van der Waals surface area (Å²) in [6, 6.07) is 5.69. The highest BCUT2D eigenvalue weighted by atomic mass is 16.5. The zero-order valence-corrected chi connectivity index (χ0v) is 25.9. The number of unbranched alkanes of at least 4 members (excludes halogenated alkanes) is 1. The predicted octanol–water partition coefficient (Wildman–Crippen LogP) is 3.91. The van der Waals surface area contributed by atoms with Crippen molar-refractivity contribution in [1.29, 1.82) is 0 Å². The molecule has 1 aliphatic heterocycles. The Bertz CT molecular complexity index is 1360. The van der Waals surface area contributed by atoms with Crippen LogP contribution in [0, 0.1) is 18.8 Å². The van der Waals surface area contributed by atoms with Gasteiger partial charge in [0.05, 0.1) is 29.8 Å². The van der Waals surface area contributed by atoms with Gasteiger partial charge in [-0.15, -0.1) is 10.2 Å². The summed E-state index contributed by atoms with van der Waals surface area (Å²) in [6.07, 6.45) is 1.33. The van der Waals surface area contributed by atoms with Crippen molar-refractivity contribution in [2.24, 2.45) is 11.8 Å². The van der Waals surface area contributed by atoms with Crippen LogP contribution in [0.5, 0.6) is 0 Å². The van der Waals surface area contributed by atoms with Crippen LogP contribution in [0.4, 0.5) is 16.3 Å². The highest BCUT2D eigenvalue weighted by molar-refractivity contribution is 5.86. The minimum Gasteiger partial charge on any atom is -0.449 e. The summed E-state index contributed by atoms with van der Waals surface area (Å²) in [4.78, 5) is 32.1. The average Bonchev–Trinajstić information content (AvgIpc) is 3.33. The van der Waals surface area contributed by atoms with Gasteiger partial charge in [-0.05, 0) is 63.6 Å². The first-order chi connectivity index (χ1) is 20.0.